The van der Waals surface area contributed by atoms with Gasteiger partial charge in [0.25, 0.3) is 0 Å². The van der Waals surface area contributed by atoms with E-state index in [1.54, 1.807) is 7.11 Å². The molecule has 4 aromatic rings. The molecular weight excluding hydrogens is 456 g/mol. The van der Waals surface area contributed by atoms with Crippen LogP contribution in [-0.4, -0.2) is 30.5 Å². The zero-order chi connectivity index (χ0) is 24.0. The molecule has 6 rings (SSSR count). The van der Waals surface area contributed by atoms with Crippen LogP contribution in [0.25, 0.3) is 10.9 Å². The summed E-state index contributed by atoms with van der Waals surface area (Å²) in [6, 6.07) is 24.4. The van der Waals surface area contributed by atoms with Crippen molar-refractivity contribution in [2.24, 2.45) is 5.92 Å². The quantitative estimate of drug-likeness (QED) is 0.384. The number of H-pyrrole nitrogens is 1. The van der Waals surface area contributed by atoms with Gasteiger partial charge in [0, 0.05) is 33.5 Å². The van der Waals surface area contributed by atoms with Crippen molar-refractivity contribution in [1.29, 1.82) is 0 Å². The van der Waals surface area contributed by atoms with Crippen LogP contribution in [0.1, 0.15) is 28.8 Å². The Morgan fingerprint density at radius 3 is 2.77 bits per heavy atom. The van der Waals surface area contributed by atoms with Crippen molar-refractivity contribution in [1.82, 2.24) is 10.3 Å². The summed E-state index contributed by atoms with van der Waals surface area (Å²) < 4.78 is 5.60. The van der Waals surface area contributed by atoms with Gasteiger partial charge in [-0.2, -0.15) is 0 Å². The predicted octanol–water partition coefficient (Wildman–Crippen LogP) is 5.66. The molecular formula is C30H29ClN2O2. The van der Waals surface area contributed by atoms with Gasteiger partial charge < -0.3 is 15.0 Å². The average molecular weight is 485 g/mol. The molecule has 3 atom stereocenters. The molecule has 2 heterocycles. The van der Waals surface area contributed by atoms with Crippen molar-refractivity contribution in [2.75, 3.05) is 13.7 Å². The van der Waals surface area contributed by atoms with E-state index in [9.17, 15) is 4.79 Å². The summed E-state index contributed by atoms with van der Waals surface area (Å²) in [5.41, 5.74) is 5.81. The summed E-state index contributed by atoms with van der Waals surface area (Å²) in [6.07, 6.45) is 3.12. The number of fused-ring (bicyclic) bond motifs is 4. The lowest BCUT2D eigenvalue weighted by atomic mass is 9.56. The first-order chi connectivity index (χ1) is 17.1. The molecule has 1 aliphatic heterocycles. The van der Waals surface area contributed by atoms with Gasteiger partial charge >= 0.3 is 0 Å². The van der Waals surface area contributed by atoms with Crippen LogP contribution in [0, 0.1) is 5.92 Å². The third-order valence-electron chi connectivity index (χ3n) is 8.13. The lowest BCUT2D eigenvalue weighted by molar-refractivity contribution is -0.123. The molecule has 1 aliphatic carbocycles. The van der Waals surface area contributed by atoms with Gasteiger partial charge in [0.05, 0.1) is 13.2 Å². The van der Waals surface area contributed by atoms with Gasteiger partial charge in [-0.15, -0.1) is 0 Å². The highest BCUT2D eigenvalue weighted by Gasteiger charge is 2.51. The number of benzene rings is 3. The first-order valence-corrected chi connectivity index (χ1v) is 12.7. The highest BCUT2D eigenvalue weighted by molar-refractivity contribution is 6.31. The zero-order valence-electron chi connectivity index (χ0n) is 19.8. The highest BCUT2D eigenvalue weighted by Crippen LogP contribution is 2.50. The molecule has 2 aliphatic rings. The Kier molecular flexibility index (Phi) is 5.66. The summed E-state index contributed by atoms with van der Waals surface area (Å²) in [4.78, 5) is 17.4. The van der Waals surface area contributed by atoms with E-state index >= 15 is 0 Å². The Hall–Kier alpha value is -3.08. The van der Waals surface area contributed by atoms with Gasteiger partial charge in [0.1, 0.15) is 5.75 Å². The minimum absolute atomic E-state index is 0.141. The fourth-order valence-electron chi connectivity index (χ4n) is 6.47. The fraction of sp³-hybridized carbons (Fsp3) is 0.300. The van der Waals surface area contributed by atoms with Gasteiger partial charge in [-0.1, -0.05) is 60.1 Å². The first kappa shape index (κ1) is 22.4. The molecule has 35 heavy (non-hydrogen) atoms. The van der Waals surface area contributed by atoms with Gasteiger partial charge in [0.15, 0.2) is 5.78 Å². The summed E-state index contributed by atoms with van der Waals surface area (Å²) in [5, 5.41) is 5.57. The number of rotatable bonds is 5. The molecule has 2 N–H and O–H groups in total. The third-order valence-corrected chi connectivity index (χ3v) is 8.37. The summed E-state index contributed by atoms with van der Waals surface area (Å²) in [7, 11) is 1.71. The van der Waals surface area contributed by atoms with Crippen LogP contribution in [0.5, 0.6) is 5.75 Å². The number of Topliss-reactive ketones (excluding diaryl/α,β-unsaturated/α-hetero) is 1. The van der Waals surface area contributed by atoms with E-state index in [0.29, 0.717) is 6.42 Å². The monoisotopic (exact) mass is 484 g/mol. The average Bonchev–Trinajstić information content (AvgIpc) is 3.23. The number of ether oxygens (including phenoxy) is 1. The number of methoxy groups -OCH3 is 1. The molecule has 1 saturated heterocycles. The summed E-state index contributed by atoms with van der Waals surface area (Å²) >= 11 is 6.31. The number of halogens is 1. The zero-order valence-corrected chi connectivity index (χ0v) is 20.6. The van der Waals surface area contributed by atoms with Crippen molar-refractivity contribution in [3.8, 4) is 5.75 Å². The van der Waals surface area contributed by atoms with Crippen molar-refractivity contribution < 1.29 is 9.53 Å². The molecule has 178 valence electrons. The van der Waals surface area contributed by atoms with Crippen LogP contribution in [-0.2, 0) is 29.5 Å². The van der Waals surface area contributed by atoms with Gasteiger partial charge in [0.2, 0.25) is 0 Å². The van der Waals surface area contributed by atoms with Crippen molar-refractivity contribution >= 4 is 28.3 Å². The molecule has 5 heteroatoms. The van der Waals surface area contributed by atoms with Crippen LogP contribution in [0.15, 0.2) is 72.8 Å². The maximum Gasteiger partial charge on any atom is 0.154 e. The lowest BCUT2D eigenvalue weighted by Crippen LogP contribution is -2.60. The van der Waals surface area contributed by atoms with Crippen LogP contribution in [0.4, 0.5) is 0 Å². The number of hydrogen-bond donors (Lipinski definition) is 2. The number of piperidine rings is 1. The lowest BCUT2D eigenvalue weighted by Gasteiger charge is -2.51. The van der Waals surface area contributed by atoms with E-state index in [2.05, 4.69) is 34.6 Å². The number of aromatic nitrogens is 1. The Morgan fingerprint density at radius 1 is 1.09 bits per heavy atom. The SMILES string of the molecule is COc1cccc([C@]23CCNC(C(=O)Cc4ccccc4)C2Cc2c([nH]c4cc(Cl)ccc24)C3)c1. The molecule has 0 amide bonds. The van der Waals surface area contributed by atoms with E-state index in [1.807, 2.05) is 48.5 Å². The predicted molar refractivity (Wildman–Crippen MR) is 140 cm³/mol. The number of nitrogens with one attached hydrogen (secondary N) is 2. The molecule has 0 radical (unpaired) electrons. The second-order valence-corrected chi connectivity index (χ2v) is 10.4. The molecule has 3 aromatic carbocycles. The molecule has 0 saturated carbocycles. The van der Waals surface area contributed by atoms with E-state index < -0.39 is 0 Å². The number of carbonyl (C=O) groups excluding carboxylic acids is 1. The van der Waals surface area contributed by atoms with Gasteiger partial charge in [-0.3, -0.25) is 4.79 Å². The molecule has 2 unspecified atom stereocenters. The fourth-order valence-corrected chi connectivity index (χ4v) is 6.64. The van der Waals surface area contributed by atoms with Gasteiger partial charge in [-0.25, -0.2) is 0 Å². The van der Waals surface area contributed by atoms with Crippen LogP contribution in [0.3, 0.4) is 0 Å². The largest absolute Gasteiger partial charge is 0.497 e. The number of hydrogen-bond acceptors (Lipinski definition) is 3. The topological polar surface area (TPSA) is 54.1 Å². The second-order valence-electron chi connectivity index (χ2n) is 9.96. The third kappa shape index (κ3) is 3.85. The standard InChI is InChI=1S/C30H29ClN2O2/c1-35-22-9-5-8-20(15-22)30-12-13-32-29(28(34)14-19-6-3-2-4-7-19)25(30)17-24-23-11-10-21(31)16-26(23)33-27(24)18-30/h2-11,15-16,25,29,32-33H,12-14,17-18H2,1H3/t25?,29?,30-/m1/s1. The maximum atomic E-state index is 13.8. The van der Waals surface area contributed by atoms with Crippen LogP contribution in [0.2, 0.25) is 5.02 Å². The number of aromatic amines is 1. The molecule has 1 fully saturated rings. The minimum atomic E-state index is -0.208. The number of ketones is 1. The molecule has 1 aromatic heterocycles. The van der Waals surface area contributed by atoms with Crippen molar-refractivity contribution in [2.45, 2.75) is 37.1 Å². The molecule has 0 bridgehead atoms. The van der Waals surface area contributed by atoms with E-state index in [1.165, 1.54) is 22.2 Å². The van der Waals surface area contributed by atoms with E-state index in [4.69, 9.17) is 16.3 Å². The van der Waals surface area contributed by atoms with Crippen LogP contribution < -0.4 is 10.1 Å². The summed E-state index contributed by atoms with van der Waals surface area (Å²) in [5.74, 6) is 1.26. The van der Waals surface area contributed by atoms with Crippen LogP contribution >= 0.6 is 11.6 Å². The smallest absolute Gasteiger partial charge is 0.154 e. The summed E-state index contributed by atoms with van der Waals surface area (Å²) in [6.45, 7) is 0.806. The first-order valence-electron chi connectivity index (χ1n) is 12.3. The Balaban J connectivity index is 1.47. The second kappa shape index (κ2) is 8.85. The minimum Gasteiger partial charge on any atom is -0.497 e. The normalized spacial score (nSPS) is 23.5. The van der Waals surface area contributed by atoms with Crippen molar-refractivity contribution in [3.63, 3.8) is 0 Å². The number of carbonyl (C=O) groups is 1. The van der Waals surface area contributed by atoms with E-state index in [-0.39, 0.29) is 23.2 Å². The van der Waals surface area contributed by atoms with Crippen molar-refractivity contribution in [3.05, 3.63) is 100 Å². The highest BCUT2D eigenvalue weighted by atomic mass is 35.5. The molecule has 4 nitrogen and oxygen atoms in total. The van der Waals surface area contributed by atoms with E-state index in [0.717, 1.165) is 47.7 Å². The molecule has 0 spiro atoms. The maximum absolute atomic E-state index is 13.8. The van der Waals surface area contributed by atoms with Gasteiger partial charge in [-0.05, 0) is 72.7 Å². The Labute approximate surface area is 210 Å². The Bertz CT molecular complexity index is 1400. The Morgan fingerprint density at radius 2 is 1.94 bits per heavy atom.